The van der Waals surface area contributed by atoms with Gasteiger partial charge in [-0.05, 0) is 31.2 Å². The van der Waals surface area contributed by atoms with Crippen LogP contribution in [-0.4, -0.2) is 27.6 Å². The summed E-state index contributed by atoms with van der Waals surface area (Å²) in [6.45, 7) is 0.972. The average molecular weight is 358 g/mol. The van der Waals surface area contributed by atoms with Crippen molar-refractivity contribution in [2.45, 2.75) is 6.92 Å². The van der Waals surface area contributed by atoms with E-state index in [1.165, 1.54) is 12.3 Å². The minimum atomic E-state index is -1.08. The second kappa shape index (κ2) is 10.0. The van der Waals surface area contributed by atoms with E-state index in [-0.39, 0.29) is 11.6 Å². The van der Waals surface area contributed by atoms with Crippen molar-refractivity contribution in [3.8, 4) is 5.69 Å². The zero-order valence-electron chi connectivity index (χ0n) is 13.9. The number of nitro groups is 1. The van der Waals surface area contributed by atoms with E-state index in [2.05, 4.69) is 10.2 Å². The van der Waals surface area contributed by atoms with E-state index in [1.54, 1.807) is 47.2 Å². The van der Waals surface area contributed by atoms with Crippen LogP contribution >= 0.6 is 0 Å². The summed E-state index contributed by atoms with van der Waals surface area (Å²) >= 11 is 0. The van der Waals surface area contributed by atoms with Gasteiger partial charge in [0.1, 0.15) is 5.69 Å². The number of allylic oxidation sites excluding steroid dienone is 1. The average Bonchev–Trinajstić information content (AvgIpc) is 3.02. The monoisotopic (exact) mass is 358 g/mol. The number of aromatic nitrogens is 1. The molecule has 2 rings (SSSR count). The van der Waals surface area contributed by atoms with Gasteiger partial charge in [0.25, 0.3) is 11.6 Å². The van der Waals surface area contributed by atoms with Crippen LogP contribution < -0.4 is 21.7 Å². The number of nitrogens with two attached hydrogens (primary N) is 2. The number of hydrogen-bond donors (Lipinski definition) is 3. The zero-order valence-corrected chi connectivity index (χ0v) is 13.9. The second-order valence-corrected chi connectivity index (χ2v) is 4.73. The molecule has 0 bridgehead atoms. The predicted octanol–water partition coefficient (Wildman–Crippen LogP) is -1.51. The van der Waals surface area contributed by atoms with Gasteiger partial charge in [-0.25, -0.2) is 0 Å². The van der Waals surface area contributed by atoms with Crippen molar-refractivity contribution in [3.63, 3.8) is 0 Å². The molecule has 0 radical (unpaired) electrons. The third-order valence-electron chi connectivity index (χ3n) is 2.75. The molecule has 0 fully saturated rings. The summed E-state index contributed by atoms with van der Waals surface area (Å²) in [5, 5.41) is 26.1. The van der Waals surface area contributed by atoms with Crippen LogP contribution in [0.15, 0.2) is 53.8 Å². The molecule has 2 aromatic rings. The molecule has 0 saturated heterocycles. The number of aliphatic carboxylic acids is 1. The van der Waals surface area contributed by atoms with E-state index >= 15 is 0 Å². The number of carbonyl (C=O) groups is 1. The van der Waals surface area contributed by atoms with Gasteiger partial charge < -0.3 is 25.9 Å². The van der Waals surface area contributed by atoms with Crippen molar-refractivity contribution in [1.82, 2.24) is 4.57 Å². The van der Waals surface area contributed by atoms with Crippen LogP contribution in [0.25, 0.3) is 11.8 Å². The van der Waals surface area contributed by atoms with Crippen LogP contribution in [0, 0.1) is 10.1 Å². The van der Waals surface area contributed by atoms with Gasteiger partial charge in [0.05, 0.1) is 4.92 Å². The Hall–Kier alpha value is -3.95. The Balaban J connectivity index is 0.000000765. The molecule has 1 aromatic heterocycles. The normalized spacial score (nSPS) is 10.3. The number of nitrogens with one attached hydrogen (secondary N) is 1. The zero-order chi connectivity index (χ0) is 19.5. The maximum Gasteiger partial charge on any atom is 0.293 e. The van der Waals surface area contributed by atoms with Crippen LogP contribution in [0.5, 0.6) is 0 Å². The Morgan fingerprint density at radius 3 is 2.54 bits per heavy atom. The predicted molar refractivity (Wildman–Crippen MR) is 95.0 cm³/mol. The number of nitro benzene ring substituents is 1. The Kier molecular flexibility index (Phi) is 7.75. The Morgan fingerprint density at radius 1 is 1.27 bits per heavy atom. The number of rotatable bonds is 5. The summed E-state index contributed by atoms with van der Waals surface area (Å²) in [4.78, 5) is 19.6. The number of benzene rings is 1. The molecule has 0 amide bonds. The Labute approximate surface area is 148 Å². The number of para-hydroxylation sites is 2. The first kappa shape index (κ1) is 20.1. The first-order valence-corrected chi connectivity index (χ1v) is 7.25. The summed E-state index contributed by atoms with van der Waals surface area (Å²) in [6.07, 6.45) is 6.75. The summed E-state index contributed by atoms with van der Waals surface area (Å²) in [7, 11) is 0. The lowest BCUT2D eigenvalue weighted by molar-refractivity contribution is -0.456. The van der Waals surface area contributed by atoms with E-state index in [9.17, 15) is 10.1 Å². The molecule has 1 aromatic carbocycles. The lowest BCUT2D eigenvalue weighted by atomic mass is 10.2. The molecule has 10 heteroatoms. The molecule has 0 saturated carbocycles. The van der Waals surface area contributed by atoms with E-state index < -0.39 is 10.9 Å². The van der Waals surface area contributed by atoms with Gasteiger partial charge in [-0.3, -0.25) is 10.1 Å². The molecule has 0 aliphatic rings. The quantitative estimate of drug-likeness (QED) is 0.254. The van der Waals surface area contributed by atoms with Gasteiger partial charge in [0, 0.05) is 35.1 Å². The van der Waals surface area contributed by atoms with Gasteiger partial charge in [0.2, 0.25) is 0 Å². The molecule has 0 aliphatic carbocycles. The van der Waals surface area contributed by atoms with Crippen molar-refractivity contribution in [1.29, 1.82) is 0 Å². The molecule has 0 aliphatic heterocycles. The minimum absolute atomic E-state index is 0.0379. The fraction of sp³-hybridized carbons (Fsp3) is 0.0625. The number of nitrogens with zero attached hydrogens (tertiary/aromatic N) is 3. The van der Waals surface area contributed by atoms with Crippen LogP contribution in [0.3, 0.4) is 0 Å². The second-order valence-electron chi connectivity index (χ2n) is 4.73. The lowest BCUT2D eigenvalue weighted by Crippen LogP contribution is -2.63. The summed E-state index contributed by atoms with van der Waals surface area (Å²) in [6, 6.07) is 10.2. The topological polar surface area (TPSA) is 167 Å². The molecule has 10 nitrogen and oxygen atoms in total. The summed E-state index contributed by atoms with van der Waals surface area (Å²) < 4.78 is 1.73. The van der Waals surface area contributed by atoms with Crippen molar-refractivity contribution in [2.24, 2.45) is 16.6 Å². The van der Waals surface area contributed by atoms with Crippen molar-refractivity contribution in [3.05, 3.63) is 64.5 Å². The summed E-state index contributed by atoms with van der Waals surface area (Å²) in [5.74, 6) is -1.16. The highest BCUT2D eigenvalue weighted by Gasteiger charge is 2.14. The highest BCUT2D eigenvalue weighted by atomic mass is 16.6. The Bertz CT molecular complexity index is 846. The molecule has 5 N–H and O–H groups in total. The van der Waals surface area contributed by atoms with Crippen molar-refractivity contribution < 1.29 is 19.9 Å². The number of hydrogen-bond acceptors (Lipinski definition) is 5. The first-order chi connectivity index (χ1) is 12.3. The molecular weight excluding hydrogens is 340 g/mol. The van der Waals surface area contributed by atoms with E-state index in [0.29, 0.717) is 5.69 Å². The van der Waals surface area contributed by atoms with Gasteiger partial charge in [-0.2, -0.15) is 0 Å². The molecule has 0 atom stereocenters. The van der Waals surface area contributed by atoms with Crippen LogP contribution in [0.4, 0.5) is 5.69 Å². The fourth-order valence-electron chi connectivity index (χ4n) is 1.87. The highest BCUT2D eigenvalue weighted by molar-refractivity contribution is 5.76. The van der Waals surface area contributed by atoms with E-state index in [0.717, 1.165) is 12.6 Å². The standard InChI is InChI=1S/C14H14N6O2.C2H4O2/c15-14(16)18-17-9-3-5-11-6-4-10-19(11)12-7-1-2-8-13(12)20(21)22;1-2(3)4/h1-10H,(H4,15,16,18);1H3,(H,3,4)/b5-3+,17-9+;. The van der Waals surface area contributed by atoms with Crippen LogP contribution in [0.2, 0.25) is 0 Å². The lowest BCUT2D eigenvalue weighted by Gasteiger charge is -2.06. The number of carboxylic acid groups (broad SMARTS) is 1. The third-order valence-corrected chi connectivity index (χ3v) is 2.75. The Morgan fingerprint density at radius 2 is 1.92 bits per heavy atom. The number of carboxylic acids is 1. The highest BCUT2D eigenvalue weighted by Crippen LogP contribution is 2.24. The smallest absolute Gasteiger partial charge is 0.293 e. The van der Waals surface area contributed by atoms with E-state index in [1.807, 2.05) is 6.07 Å². The third kappa shape index (κ3) is 6.66. The van der Waals surface area contributed by atoms with Gasteiger partial charge in [-0.1, -0.05) is 12.1 Å². The molecule has 136 valence electrons. The largest absolute Gasteiger partial charge is 0.550 e. The molecular formula is C16H18N6O4. The molecule has 26 heavy (non-hydrogen) atoms. The van der Waals surface area contributed by atoms with Crippen molar-refractivity contribution >= 4 is 29.9 Å². The molecule has 0 unspecified atom stereocenters. The number of guanidine groups is 1. The molecule has 1 heterocycles. The minimum Gasteiger partial charge on any atom is -0.550 e. The fourth-order valence-corrected chi connectivity index (χ4v) is 1.87. The maximum absolute atomic E-state index is 11.1. The van der Waals surface area contributed by atoms with E-state index in [4.69, 9.17) is 21.4 Å². The molecule has 0 spiro atoms. The van der Waals surface area contributed by atoms with Crippen LogP contribution in [0.1, 0.15) is 12.6 Å². The maximum atomic E-state index is 11.1. The van der Waals surface area contributed by atoms with Crippen molar-refractivity contribution in [2.75, 3.05) is 0 Å². The number of carbonyl (C=O) groups excluding carboxylic acids is 1. The summed E-state index contributed by atoms with van der Waals surface area (Å²) in [5.41, 5.74) is 11.6. The number of hydrazone groups is 1. The van der Waals surface area contributed by atoms with Gasteiger partial charge in [-0.15, -0.1) is 5.10 Å². The van der Waals surface area contributed by atoms with Gasteiger partial charge in [0.15, 0.2) is 6.21 Å². The first-order valence-electron chi connectivity index (χ1n) is 7.25. The van der Waals surface area contributed by atoms with Gasteiger partial charge >= 0.3 is 0 Å². The SMILES string of the molecule is CC(=O)[O-].NC(N)=N/[NH+]=C/C=C/c1cccn1-c1ccccc1[N+](=O)[O-]. The van der Waals surface area contributed by atoms with Crippen LogP contribution in [-0.2, 0) is 4.79 Å².